The summed E-state index contributed by atoms with van der Waals surface area (Å²) in [5.41, 5.74) is -0.946. The second-order valence-corrected chi connectivity index (χ2v) is 12.1. The lowest BCUT2D eigenvalue weighted by Crippen LogP contribution is -2.41. The zero-order valence-corrected chi connectivity index (χ0v) is 23.3. The highest BCUT2D eigenvalue weighted by Crippen LogP contribution is 2.48. The minimum atomic E-state index is -3.54. The van der Waals surface area contributed by atoms with Gasteiger partial charge in [0.1, 0.15) is 12.4 Å². The van der Waals surface area contributed by atoms with Gasteiger partial charge in [-0.15, -0.1) is 0 Å². The van der Waals surface area contributed by atoms with Crippen molar-refractivity contribution in [1.82, 2.24) is 24.6 Å². The lowest BCUT2D eigenvalue weighted by molar-refractivity contribution is -0.149. The molecule has 0 saturated carbocycles. The van der Waals surface area contributed by atoms with Gasteiger partial charge in [0.25, 0.3) is 7.52 Å². The largest absolute Gasteiger partial charge is 0.462 e. The Bertz CT molecular complexity index is 1200. The molecule has 0 aromatic carbocycles. The molecule has 1 aliphatic rings. The van der Waals surface area contributed by atoms with Crippen molar-refractivity contribution in [3.05, 3.63) is 12.7 Å². The number of anilines is 1. The van der Waals surface area contributed by atoms with Crippen LogP contribution in [0.25, 0.3) is 11.2 Å². The van der Waals surface area contributed by atoms with Gasteiger partial charge in [0.2, 0.25) is 5.91 Å². The number of esters is 1. The Hall–Kier alpha value is -2.51. The number of hydrogen-bond donors (Lipinski definition) is 3. The number of imidazole rings is 1. The number of rotatable bonds is 12. The van der Waals surface area contributed by atoms with Crippen LogP contribution in [0.2, 0.25) is 0 Å². The molecule has 1 fully saturated rings. The number of amides is 1. The molecular weight excluding hydrogens is 522 g/mol. The van der Waals surface area contributed by atoms with Crippen LogP contribution in [0, 0.1) is 5.41 Å². The summed E-state index contributed by atoms with van der Waals surface area (Å²) in [6.07, 6.45) is -0.828. The predicted molar refractivity (Wildman–Crippen MR) is 136 cm³/mol. The number of carbonyl (C=O) groups is 2. The van der Waals surface area contributed by atoms with Crippen molar-refractivity contribution in [3.63, 3.8) is 0 Å². The van der Waals surface area contributed by atoms with Gasteiger partial charge in [0, 0.05) is 13.1 Å². The molecule has 0 radical (unpaired) electrons. The van der Waals surface area contributed by atoms with Gasteiger partial charge in [-0.1, -0.05) is 13.8 Å². The first kappa shape index (κ1) is 30.0. The molecule has 0 aliphatic carbocycles. The molecule has 6 atom stereocenters. The standard InChI is InChI=1S/C23H36FN6O7P/c1-7-8-16(32)28-19-17-20(26-11-25-19)30(12-27-17)21-18(24)23(5,10-31)15(37-21)9-35-38(6,34)29-14(4)22(33)36-13(2)3/h11-15,18,21,31H,7-10H2,1-6H3,(H,29,34)(H,25,26,28,32)/t14-,15+,18-,21+,23?,38?/m0/s1. The molecule has 38 heavy (non-hydrogen) atoms. The van der Waals surface area contributed by atoms with Crippen LogP contribution in [0.15, 0.2) is 12.7 Å². The van der Waals surface area contributed by atoms with Gasteiger partial charge in [0.05, 0.1) is 37.2 Å². The molecule has 3 rings (SSSR count). The Labute approximate surface area is 220 Å². The topological polar surface area (TPSA) is 167 Å². The molecule has 0 spiro atoms. The number of nitrogens with zero attached hydrogens (tertiary/aromatic N) is 4. The van der Waals surface area contributed by atoms with Gasteiger partial charge in [-0.05, 0) is 27.2 Å². The summed E-state index contributed by atoms with van der Waals surface area (Å²) in [7, 11) is -3.54. The van der Waals surface area contributed by atoms with Crippen molar-refractivity contribution in [2.45, 2.75) is 78.1 Å². The van der Waals surface area contributed by atoms with Crippen LogP contribution in [-0.2, 0) is 28.2 Å². The number of halogens is 1. The Morgan fingerprint density at radius 2 is 2.03 bits per heavy atom. The van der Waals surface area contributed by atoms with E-state index in [4.69, 9.17) is 14.0 Å². The molecule has 1 aliphatic heterocycles. The average molecular weight is 559 g/mol. The number of aliphatic hydroxyl groups excluding tert-OH is 1. The molecular formula is C23H36FN6O7P. The first-order chi connectivity index (χ1) is 17.8. The highest BCUT2D eigenvalue weighted by molar-refractivity contribution is 7.56. The Morgan fingerprint density at radius 1 is 1.32 bits per heavy atom. The van der Waals surface area contributed by atoms with Gasteiger partial charge in [-0.3, -0.25) is 18.7 Å². The van der Waals surface area contributed by atoms with E-state index >= 15 is 4.39 Å². The summed E-state index contributed by atoms with van der Waals surface area (Å²) in [6.45, 7) is 8.62. The van der Waals surface area contributed by atoms with E-state index in [2.05, 4.69) is 25.4 Å². The molecule has 2 aromatic rings. The van der Waals surface area contributed by atoms with Gasteiger partial charge in [0.15, 0.2) is 29.4 Å². The monoisotopic (exact) mass is 558 g/mol. The van der Waals surface area contributed by atoms with Gasteiger partial charge in [-0.2, -0.15) is 0 Å². The number of aromatic nitrogens is 4. The van der Waals surface area contributed by atoms with Gasteiger partial charge in [-0.25, -0.2) is 24.4 Å². The third-order valence-electron chi connectivity index (χ3n) is 6.23. The summed E-state index contributed by atoms with van der Waals surface area (Å²) in [6, 6.07) is -0.910. The SMILES string of the molecule is CCCC(=O)Nc1ncnc2c1ncn2[C@@H]1O[C@H](COP(C)(=O)N[C@@H](C)C(=O)OC(C)C)C(C)(CO)[C@H]1F. The first-order valence-corrected chi connectivity index (χ1v) is 14.5. The third-order valence-corrected chi connectivity index (χ3v) is 7.73. The lowest BCUT2D eigenvalue weighted by atomic mass is 9.82. The fraction of sp³-hybridized carbons (Fsp3) is 0.696. The van der Waals surface area contributed by atoms with Crippen molar-refractivity contribution >= 4 is 36.4 Å². The summed E-state index contributed by atoms with van der Waals surface area (Å²) < 4.78 is 46.8. The fourth-order valence-electron chi connectivity index (χ4n) is 4.06. The van der Waals surface area contributed by atoms with Crippen molar-refractivity contribution in [1.29, 1.82) is 0 Å². The van der Waals surface area contributed by atoms with E-state index in [9.17, 15) is 19.3 Å². The first-order valence-electron chi connectivity index (χ1n) is 12.4. The van der Waals surface area contributed by atoms with Crippen LogP contribution in [0.5, 0.6) is 0 Å². The number of nitrogens with one attached hydrogen (secondary N) is 2. The van der Waals surface area contributed by atoms with Crippen molar-refractivity contribution < 1.29 is 37.6 Å². The number of ether oxygens (including phenoxy) is 2. The molecule has 3 heterocycles. The van der Waals surface area contributed by atoms with E-state index in [1.807, 2.05) is 6.92 Å². The van der Waals surface area contributed by atoms with Crippen LogP contribution in [0.4, 0.5) is 10.2 Å². The van der Waals surface area contributed by atoms with Crippen molar-refractivity contribution in [2.24, 2.45) is 5.41 Å². The number of alkyl halides is 1. The highest BCUT2D eigenvalue weighted by atomic mass is 31.2. The van der Waals surface area contributed by atoms with Crippen LogP contribution in [-0.4, -0.2) is 80.8 Å². The predicted octanol–water partition coefficient (Wildman–Crippen LogP) is 2.57. The summed E-state index contributed by atoms with van der Waals surface area (Å²) in [5.74, 6) is -0.642. The molecule has 15 heteroatoms. The third kappa shape index (κ3) is 6.55. The molecule has 3 N–H and O–H groups in total. The van der Waals surface area contributed by atoms with E-state index in [1.165, 1.54) is 37.7 Å². The van der Waals surface area contributed by atoms with Crippen molar-refractivity contribution in [2.75, 3.05) is 25.2 Å². The number of fused-ring (bicyclic) bond motifs is 1. The smallest absolute Gasteiger partial charge is 0.323 e. The van der Waals surface area contributed by atoms with E-state index in [0.29, 0.717) is 12.8 Å². The van der Waals surface area contributed by atoms with Gasteiger partial charge >= 0.3 is 5.97 Å². The van der Waals surface area contributed by atoms with Gasteiger partial charge < -0.3 is 24.4 Å². The Kier molecular flexibility index (Phi) is 9.58. The van der Waals surface area contributed by atoms with Crippen LogP contribution >= 0.6 is 7.52 Å². The molecule has 1 saturated heterocycles. The molecule has 212 valence electrons. The van der Waals surface area contributed by atoms with E-state index in [1.54, 1.807) is 13.8 Å². The quantitative estimate of drug-likeness (QED) is 0.259. The van der Waals surface area contributed by atoms with Crippen LogP contribution in [0.3, 0.4) is 0 Å². The fourth-order valence-corrected chi connectivity index (χ4v) is 5.36. The van der Waals surface area contributed by atoms with Crippen LogP contribution < -0.4 is 10.4 Å². The number of aliphatic hydroxyl groups is 1. The zero-order chi connectivity index (χ0) is 28.3. The summed E-state index contributed by atoms with van der Waals surface area (Å²) in [5, 5.41) is 15.4. The number of carbonyl (C=O) groups excluding carboxylic acids is 2. The van der Waals surface area contributed by atoms with E-state index in [0.717, 1.165) is 0 Å². The van der Waals surface area contributed by atoms with Crippen molar-refractivity contribution in [3.8, 4) is 0 Å². The average Bonchev–Trinajstić information content (AvgIpc) is 3.37. The minimum Gasteiger partial charge on any atom is -0.462 e. The Morgan fingerprint density at radius 3 is 2.66 bits per heavy atom. The highest BCUT2D eigenvalue weighted by Gasteiger charge is 2.55. The summed E-state index contributed by atoms with van der Waals surface area (Å²) in [4.78, 5) is 36.6. The molecule has 13 nitrogen and oxygen atoms in total. The maximum absolute atomic E-state index is 15.8. The zero-order valence-electron chi connectivity index (χ0n) is 22.4. The summed E-state index contributed by atoms with van der Waals surface area (Å²) >= 11 is 0. The van der Waals surface area contributed by atoms with E-state index < -0.39 is 50.1 Å². The Balaban J connectivity index is 1.77. The number of hydrogen-bond acceptors (Lipinski definition) is 10. The second kappa shape index (κ2) is 12.1. The van der Waals surface area contributed by atoms with E-state index in [-0.39, 0.29) is 35.6 Å². The minimum absolute atomic E-state index is 0.188. The molecule has 2 aromatic heterocycles. The molecule has 1 amide bonds. The molecule has 2 unspecified atom stereocenters. The maximum Gasteiger partial charge on any atom is 0.323 e. The second-order valence-electron chi connectivity index (χ2n) is 9.90. The maximum atomic E-state index is 15.8. The molecule has 0 bridgehead atoms. The van der Waals surface area contributed by atoms with Crippen LogP contribution in [0.1, 0.15) is 53.7 Å². The normalized spacial score (nSPS) is 25.9. The lowest BCUT2D eigenvalue weighted by Gasteiger charge is -2.30.